The van der Waals surface area contributed by atoms with Gasteiger partial charge in [-0.3, -0.25) is 4.79 Å². The second-order valence-corrected chi connectivity index (χ2v) is 5.25. The van der Waals surface area contributed by atoms with Gasteiger partial charge >= 0.3 is 0 Å². The van der Waals surface area contributed by atoms with Crippen LogP contribution in [0.4, 0.5) is 5.82 Å². The zero-order chi connectivity index (χ0) is 15.1. The molecule has 1 saturated heterocycles. The smallest absolute Gasteiger partial charge is 0.271 e. The highest BCUT2D eigenvalue weighted by Crippen LogP contribution is 2.16. The maximum absolute atomic E-state index is 12.0. The quantitative estimate of drug-likeness (QED) is 0.816. The van der Waals surface area contributed by atoms with Crippen LogP contribution in [-0.2, 0) is 0 Å². The fourth-order valence-electron chi connectivity index (χ4n) is 2.52. The van der Waals surface area contributed by atoms with Crippen molar-refractivity contribution in [3.8, 4) is 0 Å². The zero-order valence-electron chi connectivity index (χ0n) is 13.0. The van der Waals surface area contributed by atoms with Gasteiger partial charge in [0.05, 0.1) is 0 Å². The summed E-state index contributed by atoms with van der Waals surface area (Å²) >= 11 is 0. The van der Waals surface area contributed by atoms with E-state index in [9.17, 15) is 4.79 Å². The van der Waals surface area contributed by atoms with Crippen molar-refractivity contribution in [3.63, 3.8) is 0 Å². The van der Waals surface area contributed by atoms with E-state index in [4.69, 9.17) is 0 Å². The Balaban J connectivity index is 1.82. The van der Waals surface area contributed by atoms with Gasteiger partial charge in [0.1, 0.15) is 0 Å². The lowest BCUT2D eigenvalue weighted by atomic mass is 10.3. The molecule has 21 heavy (non-hydrogen) atoms. The molecule has 1 amide bonds. The molecule has 0 aromatic carbocycles. The number of likely N-dealkylation sites (N-methyl/N-ethyl adjacent to an activating group) is 1. The van der Waals surface area contributed by atoms with Crippen molar-refractivity contribution in [2.24, 2.45) is 0 Å². The van der Waals surface area contributed by atoms with Crippen LogP contribution in [0.25, 0.3) is 0 Å². The summed E-state index contributed by atoms with van der Waals surface area (Å²) in [6, 6.07) is 3.64. The predicted octanol–water partition coefficient (Wildman–Crippen LogP) is 1.15. The second-order valence-electron chi connectivity index (χ2n) is 5.25. The highest BCUT2D eigenvalue weighted by molar-refractivity contribution is 5.92. The van der Waals surface area contributed by atoms with Gasteiger partial charge in [0, 0.05) is 26.2 Å². The number of nitrogens with one attached hydrogen (secondary N) is 1. The number of carbonyl (C=O) groups is 1. The Kier molecular flexibility index (Phi) is 5.92. The molecule has 1 aliphatic rings. The largest absolute Gasteiger partial charge is 0.355 e. The van der Waals surface area contributed by atoms with Gasteiger partial charge in [0.15, 0.2) is 11.5 Å². The van der Waals surface area contributed by atoms with Crippen LogP contribution in [0.3, 0.4) is 0 Å². The van der Waals surface area contributed by atoms with Crippen molar-refractivity contribution in [3.05, 3.63) is 17.8 Å². The Morgan fingerprint density at radius 2 is 1.95 bits per heavy atom. The van der Waals surface area contributed by atoms with Crippen LogP contribution in [0.2, 0.25) is 0 Å². The fourth-order valence-corrected chi connectivity index (χ4v) is 2.52. The van der Waals surface area contributed by atoms with E-state index in [0.29, 0.717) is 12.2 Å². The lowest BCUT2D eigenvalue weighted by Crippen LogP contribution is -2.35. The summed E-state index contributed by atoms with van der Waals surface area (Å²) in [6.07, 6.45) is 2.41. The van der Waals surface area contributed by atoms with Crippen LogP contribution in [0, 0.1) is 0 Å². The topological polar surface area (TPSA) is 61.4 Å². The Morgan fingerprint density at radius 3 is 2.52 bits per heavy atom. The van der Waals surface area contributed by atoms with Gasteiger partial charge in [0.2, 0.25) is 0 Å². The van der Waals surface area contributed by atoms with E-state index in [1.54, 1.807) is 6.07 Å². The molecule has 1 aromatic rings. The summed E-state index contributed by atoms with van der Waals surface area (Å²) in [5.41, 5.74) is 0.387. The van der Waals surface area contributed by atoms with Crippen molar-refractivity contribution in [1.29, 1.82) is 0 Å². The van der Waals surface area contributed by atoms with E-state index in [1.807, 2.05) is 6.07 Å². The van der Waals surface area contributed by atoms with Gasteiger partial charge < -0.3 is 15.1 Å². The summed E-state index contributed by atoms with van der Waals surface area (Å²) in [5.74, 6) is 0.717. The molecule has 0 unspecified atom stereocenters. The number of aromatic nitrogens is 2. The highest BCUT2D eigenvalue weighted by Gasteiger charge is 2.15. The van der Waals surface area contributed by atoms with Crippen LogP contribution in [0.1, 0.15) is 37.2 Å². The summed E-state index contributed by atoms with van der Waals surface area (Å²) in [5, 5.41) is 11.1. The maximum Gasteiger partial charge on any atom is 0.271 e. The first-order chi connectivity index (χ1) is 10.2. The number of hydrogen-bond donors (Lipinski definition) is 1. The molecule has 0 saturated carbocycles. The van der Waals surface area contributed by atoms with Crippen LogP contribution in [0.15, 0.2) is 12.1 Å². The normalized spacial score (nSPS) is 14.7. The molecule has 0 aliphatic carbocycles. The minimum absolute atomic E-state index is 0.150. The maximum atomic E-state index is 12.0. The van der Waals surface area contributed by atoms with Crippen LogP contribution < -0.4 is 10.2 Å². The molecule has 0 bridgehead atoms. The van der Waals surface area contributed by atoms with Crippen LogP contribution >= 0.6 is 0 Å². The molecule has 0 spiro atoms. The van der Waals surface area contributed by atoms with Gasteiger partial charge in [-0.05, 0) is 38.1 Å². The summed E-state index contributed by atoms with van der Waals surface area (Å²) < 4.78 is 0. The minimum atomic E-state index is -0.150. The number of nitrogens with zero attached hydrogens (tertiary/aromatic N) is 4. The Bertz CT molecular complexity index is 438. The predicted molar refractivity (Wildman–Crippen MR) is 83.6 cm³/mol. The summed E-state index contributed by atoms with van der Waals surface area (Å²) in [7, 11) is 0. The molecule has 6 nitrogen and oxygen atoms in total. The molecule has 1 aromatic heterocycles. The van der Waals surface area contributed by atoms with Crippen molar-refractivity contribution >= 4 is 11.7 Å². The van der Waals surface area contributed by atoms with E-state index in [0.717, 1.165) is 38.5 Å². The third-order valence-electron chi connectivity index (χ3n) is 3.92. The average Bonchev–Trinajstić information content (AvgIpc) is 3.06. The van der Waals surface area contributed by atoms with Gasteiger partial charge in [-0.1, -0.05) is 13.8 Å². The van der Waals surface area contributed by atoms with Crippen molar-refractivity contribution in [2.45, 2.75) is 26.7 Å². The number of carbonyl (C=O) groups excluding carboxylic acids is 1. The molecule has 1 fully saturated rings. The second kappa shape index (κ2) is 7.93. The van der Waals surface area contributed by atoms with Gasteiger partial charge in [-0.15, -0.1) is 10.2 Å². The van der Waals surface area contributed by atoms with Crippen LogP contribution in [0.5, 0.6) is 0 Å². The van der Waals surface area contributed by atoms with Gasteiger partial charge in [-0.25, -0.2) is 0 Å². The van der Waals surface area contributed by atoms with E-state index < -0.39 is 0 Å². The van der Waals surface area contributed by atoms with E-state index in [2.05, 4.69) is 39.2 Å². The van der Waals surface area contributed by atoms with Crippen molar-refractivity contribution in [1.82, 2.24) is 20.4 Å². The summed E-state index contributed by atoms with van der Waals surface area (Å²) in [4.78, 5) is 16.5. The van der Waals surface area contributed by atoms with Gasteiger partial charge in [-0.2, -0.15) is 0 Å². The van der Waals surface area contributed by atoms with Crippen LogP contribution in [-0.4, -0.2) is 60.3 Å². The molecule has 1 N–H and O–H groups in total. The third kappa shape index (κ3) is 4.39. The van der Waals surface area contributed by atoms with E-state index in [1.165, 1.54) is 12.8 Å². The molecular weight excluding hydrogens is 266 g/mol. The third-order valence-corrected chi connectivity index (χ3v) is 3.92. The molecule has 116 valence electrons. The molecule has 2 heterocycles. The van der Waals surface area contributed by atoms with E-state index >= 15 is 0 Å². The first-order valence-electron chi connectivity index (χ1n) is 7.83. The van der Waals surface area contributed by atoms with Gasteiger partial charge in [0.25, 0.3) is 5.91 Å². The lowest BCUT2D eigenvalue weighted by Gasteiger charge is -2.18. The monoisotopic (exact) mass is 291 g/mol. The molecule has 1 aliphatic heterocycles. The Morgan fingerprint density at radius 1 is 1.24 bits per heavy atom. The summed E-state index contributed by atoms with van der Waals surface area (Å²) in [6.45, 7) is 9.79. The minimum Gasteiger partial charge on any atom is -0.355 e. The molecule has 0 radical (unpaired) electrons. The standard InChI is InChI=1S/C15H25N5O/c1-3-19(4-2)12-9-16-15(21)13-7-8-14(18-17-13)20-10-5-6-11-20/h7-8H,3-6,9-12H2,1-2H3,(H,16,21). The fraction of sp³-hybridized carbons (Fsp3) is 0.667. The molecule has 6 heteroatoms. The zero-order valence-corrected chi connectivity index (χ0v) is 13.0. The number of rotatable bonds is 7. The SMILES string of the molecule is CCN(CC)CCNC(=O)c1ccc(N2CCCC2)nn1. The molecule has 0 atom stereocenters. The number of anilines is 1. The molecular formula is C15H25N5O. The Labute approximate surface area is 126 Å². The first-order valence-corrected chi connectivity index (χ1v) is 7.83. The van der Waals surface area contributed by atoms with Crippen molar-refractivity contribution in [2.75, 3.05) is 44.2 Å². The van der Waals surface area contributed by atoms with E-state index in [-0.39, 0.29) is 5.91 Å². The number of amides is 1. The first kappa shape index (κ1) is 15.7. The lowest BCUT2D eigenvalue weighted by molar-refractivity contribution is 0.0943. The number of hydrogen-bond acceptors (Lipinski definition) is 5. The molecule has 2 rings (SSSR count). The highest BCUT2D eigenvalue weighted by atomic mass is 16.1. The van der Waals surface area contributed by atoms with Crippen molar-refractivity contribution < 1.29 is 4.79 Å². The Hall–Kier alpha value is -1.69. The average molecular weight is 291 g/mol.